The Balaban J connectivity index is 1.33. The molecule has 0 amide bonds. The predicted octanol–water partition coefficient (Wildman–Crippen LogP) is 11.6. The largest absolute Gasteiger partial charge is 0.311 e. The zero-order valence-corrected chi connectivity index (χ0v) is 25.8. The monoisotopic (exact) mass is 563 g/mol. The highest BCUT2D eigenvalue weighted by Gasteiger charge is 2.41. The summed E-state index contributed by atoms with van der Waals surface area (Å²) in [4.78, 5) is 3.84. The van der Waals surface area contributed by atoms with Crippen LogP contribution in [0, 0.1) is 0 Å². The SMILES string of the molecule is CC=CC(=CCC)N(c1ccccc1)c1ccc(-c2cccc3c4c(sc23)C2=C(CC4)C(C)(C)c3ccccc32)cc1. The second kappa shape index (κ2) is 10.6. The van der Waals surface area contributed by atoms with E-state index >= 15 is 0 Å². The van der Waals surface area contributed by atoms with Crippen molar-refractivity contribution in [3.05, 3.63) is 148 Å². The molecule has 0 spiro atoms. The Morgan fingerprint density at radius 1 is 0.810 bits per heavy atom. The van der Waals surface area contributed by atoms with Crippen LogP contribution in [-0.2, 0) is 11.8 Å². The van der Waals surface area contributed by atoms with E-state index in [0.717, 1.165) is 19.3 Å². The van der Waals surface area contributed by atoms with E-state index in [1.165, 1.54) is 65.4 Å². The number of nitrogens with zero attached hydrogens (tertiary/aromatic N) is 1. The van der Waals surface area contributed by atoms with Gasteiger partial charge in [-0.15, -0.1) is 11.3 Å². The Bertz CT molecular complexity index is 1880. The molecule has 4 aromatic carbocycles. The third-order valence-corrected chi connectivity index (χ3v) is 10.4. The molecular formula is C40H37NS. The van der Waals surface area contributed by atoms with Crippen LogP contribution < -0.4 is 4.90 Å². The third-order valence-electron chi connectivity index (χ3n) is 9.06. The summed E-state index contributed by atoms with van der Waals surface area (Å²) in [6.45, 7) is 9.10. The Morgan fingerprint density at radius 3 is 2.29 bits per heavy atom. The standard InChI is InChI=1S/C40H37NS/c1-5-13-28(14-6-2)41(29-15-8-7-9-16-29)30-23-21-27(22-24-30)31-18-12-19-32-33-25-26-36-37(39(33)42-38(31)32)34-17-10-11-20-35(34)40(36,3)4/h5,7-24H,6,25-26H2,1-4H3. The van der Waals surface area contributed by atoms with Crippen molar-refractivity contribution in [2.45, 2.75) is 52.4 Å². The van der Waals surface area contributed by atoms with Crippen molar-refractivity contribution < 1.29 is 0 Å². The molecule has 0 unspecified atom stereocenters. The summed E-state index contributed by atoms with van der Waals surface area (Å²) >= 11 is 2.00. The second-order valence-corrected chi connectivity index (χ2v) is 12.9. The zero-order chi connectivity index (χ0) is 28.8. The fourth-order valence-corrected chi connectivity index (χ4v) is 8.58. The van der Waals surface area contributed by atoms with Gasteiger partial charge in [-0.2, -0.15) is 0 Å². The van der Waals surface area contributed by atoms with Gasteiger partial charge in [0.2, 0.25) is 0 Å². The molecule has 2 heteroatoms. The van der Waals surface area contributed by atoms with E-state index in [1.807, 2.05) is 11.3 Å². The molecule has 0 radical (unpaired) electrons. The van der Waals surface area contributed by atoms with Gasteiger partial charge in [0, 0.05) is 32.1 Å². The van der Waals surface area contributed by atoms with Crippen molar-refractivity contribution in [3.63, 3.8) is 0 Å². The molecule has 0 N–H and O–H groups in total. The van der Waals surface area contributed by atoms with Gasteiger partial charge in [-0.05, 0) is 95.3 Å². The number of benzene rings is 4. The van der Waals surface area contributed by atoms with Gasteiger partial charge in [-0.3, -0.25) is 0 Å². The summed E-state index contributed by atoms with van der Waals surface area (Å²) in [6.07, 6.45) is 9.86. The van der Waals surface area contributed by atoms with Crippen LogP contribution in [0.5, 0.6) is 0 Å². The molecule has 42 heavy (non-hydrogen) atoms. The zero-order valence-electron chi connectivity index (χ0n) is 24.9. The summed E-state index contributed by atoms with van der Waals surface area (Å²) in [5.74, 6) is 0. The minimum atomic E-state index is 0.0983. The van der Waals surface area contributed by atoms with Crippen molar-refractivity contribution in [1.29, 1.82) is 0 Å². The van der Waals surface area contributed by atoms with E-state index < -0.39 is 0 Å². The number of rotatable bonds is 6. The molecule has 1 nitrogen and oxygen atoms in total. The van der Waals surface area contributed by atoms with E-state index in [4.69, 9.17) is 0 Å². The maximum absolute atomic E-state index is 2.41. The highest BCUT2D eigenvalue weighted by molar-refractivity contribution is 7.21. The van der Waals surface area contributed by atoms with Crippen molar-refractivity contribution >= 4 is 38.4 Å². The average Bonchev–Trinajstić information content (AvgIpc) is 3.51. The number of fused-ring (bicyclic) bond motifs is 6. The Labute approximate surface area is 254 Å². The molecule has 2 aliphatic rings. The molecular weight excluding hydrogens is 527 g/mol. The Hall–Kier alpha value is -4.14. The fraction of sp³-hybridized carbons (Fsp3) is 0.200. The van der Waals surface area contributed by atoms with Gasteiger partial charge in [-0.25, -0.2) is 0 Å². The number of hydrogen-bond donors (Lipinski definition) is 0. The number of anilines is 2. The fourth-order valence-electron chi connectivity index (χ4n) is 7.11. The summed E-state index contributed by atoms with van der Waals surface area (Å²) in [5, 5.41) is 1.43. The lowest BCUT2D eigenvalue weighted by atomic mass is 9.77. The van der Waals surface area contributed by atoms with Gasteiger partial charge in [0.25, 0.3) is 0 Å². The first-order valence-corrected chi connectivity index (χ1v) is 16.0. The number of hydrogen-bond acceptors (Lipinski definition) is 2. The molecule has 0 fully saturated rings. The van der Waals surface area contributed by atoms with E-state index in [2.05, 4.69) is 148 Å². The van der Waals surface area contributed by atoms with Crippen molar-refractivity contribution in [3.8, 4) is 11.1 Å². The molecule has 1 heterocycles. The molecule has 208 valence electrons. The van der Waals surface area contributed by atoms with Crippen LogP contribution in [0.3, 0.4) is 0 Å². The summed E-state index contributed by atoms with van der Waals surface area (Å²) in [7, 11) is 0. The van der Waals surface area contributed by atoms with E-state index in [0.29, 0.717) is 0 Å². The first-order valence-electron chi connectivity index (χ1n) is 15.2. The predicted molar refractivity (Wildman–Crippen MR) is 183 cm³/mol. The van der Waals surface area contributed by atoms with Gasteiger partial charge in [-0.1, -0.05) is 111 Å². The molecule has 0 atom stereocenters. The quantitative estimate of drug-likeness (QED) is 0.186. The first kappa shape index (κ1) is 26.7. The number of allylic oxidation sites excluding steroid dienone is 4. The lowest BCUT2D eigenvalue weighted by Crippen LogP contribution is -2.18. The number of para-hydroxylation sites is 1. The molecule has 0 saturated heterocycles. The molecule has 5 aromatic rings. The van der Waals surface area contributed by atoms with Crippen molar-refractivity contribution in [2.75, 3.05) is 4.90 Å². The van der Waals surface area contributed by atoms with Crippen molar-refractivity contribution in [1.82, 2.24) is 0 Å². The highest BCUT2D eigenvalue weighted by atomic mass is 32.1. The molecule has 1 aromatic heterocycles. The smallest absolute Gasteiger partial charge is 0.0461 e. The van der Waals surface area contributed by atoms with Crippen LogP contribution >= 0.6 is 11.3 Å². The van der Waals surface area contributed by atoms with Crippen LogP contribution in [0.1, 0.15) is 62.1 Å². The summed E-state index contributed by atoms with van der Waals surface area (Å²) in [6, 6.07) is 35.8. The molecule has 0 aliphatic heterocycles. The Morgan fingerprint density at radius 2 is 1.52 bits per heavy atom. The molecule has 7 rings (SSSR count). The summed E-state index contributed by atoms with van der Waals surface area (Å²) < 4.78 is 1.41. The number of aryl methyl sites for hydroxylation is 1. The van der Waals surface area contributed by atoms with Gasteiger partial charge in [0.15, 0.2) is 0 Å². The van der Waals surface area contributed by atoms with Crippen LogP contribution in [0.15, 0.2) is 127 Å². The minimum Gasteiger partial charge on any atom is -0.311 e. The Kier molecular flexibility index (Phi) is 6.75. The lowest BCUT2D eigenvalue weighted by molar-refractivity contribution is 0.605. The van der Waals surface area contributed by atoms with E-state index in [-0.39, 0.29) is 5.41 Å². The van der Waals surface area contributed by atoms with E-state index in [9.17, 15) is 0 Å². The topological polar surface area (TPSA) is 3.24 Å². The van der Waals surface area contributed by atoms with Crippen LogP contribution in [0.25, 0.3) is 26.8 Å². The number of thiophene rings is 1. The van der Waals surface area contributed by atoms with Gasteiger partial charge in [0.05, 0.1) is 0 Å². The van der Waals surface area contributed by atoms with E-state index in [1.54, 1.807) is 5.57 Å². The van der Waals surface area contributed by atoms with Crippen LogP contribution in [0.4, 0.5) is 11.4 Å². The third kappa shape index (κ3) is 4.20. The first-order chi connectivity index (χ1) is 20.5. The van der Waals surface area contributed by atoms with Crippen LogP contribution in [-0.4, -0.2) is 0 Å². The molecule has 0 bridgehead atoms. The summed E-state index contributed by atoms with van der Waals surface area (Å²) in [5.41, 5.74) is 13.8. The normalized spacial score (nSPS) is 15.7. The molecule has 0 saturated carbocycles. The maximum atomic E-state index is 2.41. The second-order valence-electron chi connectivity index (χ2n) is 11.9. The maximum Gasteiger partial charge on any atom is 0.0461 e. The van der Waals surface area contributed by atoms with Gasteiger partial charge < -0.3 is 4.90 Å². The molecule has 2 aliphatic carbocycles. The minimum absolute atomic E-state index is 0.0983. The van der Waals surface area contributed by atoms with Gasteiger partial charge in [0.1, 0.15) is 0 Å². The van der Waals surface area contributed by atoms with Gasteiger partial charge >= 0.3 is 0 Å². The average molecular weight is 564 g/mol. The van der Waals surface area contributed by atoms with Crippen molar-refractivity contribution in [2.24, 2.45) is 0 Å². The lowest BCUT2D eigenvalue weighted by Gasteiger charge is -2.27. The highest BCUT2D eigenvalue weighted by Crippen LogP contribution is 2.56. The van der Waals surface area contributed by atoms with Crippen LogP contribution in [0.2, 0.25) is 0 Å².